The number of anilines is 1. The Kier molecular flexibility index (Phi) is 6.40. The van der Waals surface area contributed by atoms with Gasteiger partial charge in [0.2, 0.25) is 0 Å². The number of carbonyl (C=O) groups excluding carboxylic acids is 2. The molecule has 180 valence electrons. The van der Waals surface area contributed by atoms with Crippen LogP contribution in [0.3, 0.4) is 0 Å². The Labute approximate surface area is 202 Å². The van der Waals surface area contributed by atoms with Crippen LogP contribution in [0.4, 0.5) is 18.9 Å². The SMILES string of the molecule is COc1cc(/C(O)=C2/C(=O)C(=O)N(c3ccc(OC(F)(F)F)cc3)C2c2ccccn2)ccc1Cl. The first-order valence-corrected chi connectivity index (χ1v) is 10.4. The molecule has 1 saturated heterocycles. The number of alkyl halides is 3. The third kappa shape index (κ3) is 4.78. The fraction of sp³-hybridized carbons (Fsp3) is 0.125. The second kappa shape index (κ2) is 9.30. The van der Waals surface area contributed by atoms with Gasteiger partial charge in [-0.25, -0.2) is 0 Å². The van der Waals surface area contributed by atoms with Gasteiger partial charge >= 0.3 is 6.36 Å². The first-order chi connectivity index (χ1) is 16.6. The maximum Gasteiger partial charge on any atom is 0.573 e. The van der Waals surface area contributed by atoms with Crippen molar-refractivity contribution in [2.45, 2.75) is 12.4 Å². The zero-order chi connectivity index (χ0) is 25.3. The van der Waals surface area contributed by atoms with E-state index in [0.29, 0.717) is 0 Å². The molecule has 0 saturated carbocycles. The molecule has 0 spiro atoms. The van der Waals surface area contributed by atoms with E-state index in [9.17, 15) is 27.9 Å². The summed E-state index contributed by atoms with van der Waals surface area (Å²) in [7, 11) is 1.38. The molecule has 1 atom stereocenters. The van der Waals surface area contributed by atoms with E-state index < -0.39 is 35.6 Å². The molecular weight excluding hydrogens is 489 g/mol. The van der Waals surface area contributed by atoms with Gasteiger partial charge in [-0.2, -0.15) is 0 Å². The van der Waals surface area contributed by atoms with Gasteiger partial charge in [0.15, 0.2) is 0 Å². The molecule has 0 bridgehead atoms. The Balaban J connectivity index is 1.85. The summed E-state index contributed by atoms with van der Waals surface area (Å²) in [6.45, 7) is 0. The Morgan fingerprint density at radius 2 is 1.80 bits per heavy atom. The molecule has 11 heteroatoms. The highest BCUT2D eigenvalue weighted by Crippen LogP contribution is 2.42. The van der Waals surface area contributed by atoms with Gasteiger partial charge in [0.05, 0.1) is 23.4 Å². The number of pyridine rings is 1. The maximum atomic E-state index is 13.1. The quantitative estimate of drug-likeness (QED) is 0.289. The van der Waals surface area contributed by atoms with Crippen LogP contribution in [0.25, 0.3) is 5.76 Å². The van der Waals surface area contributed by atoms with Crippen molar-refractivity contribution < 1.29 is 37.3 Å². The summed E-state index contributed by atoms with van der Waals surface area (Å²) in [5, 5.41) is 11.4. The molecule has 1 N–H and O–H groups in total. The van der Waals surface area contributed by atoms with Crippen LogP contribution < -0.4 is 14.4 Å². The minimum Gasteiger partial charge on any atom is -0.507 e. The van der Waals surface area contributed by atoms with E-state index in [2.05, 4.69) is 9.72 Å². The number of aromatic nitrogens is 1. The first kappa shape index (κ1) is 24.1. The summed E-state index contributed by atoms with van der Waals surface area (Å²) in [4.78, 5) is 31.5. The van der Waals surface area contributed by atoms with Crippen LogP contribution in [0.2, 0.25) is 5.02 Å². The first-order valence-electron chi connectivity index (χ1n) is 10.0. The molecule has 1 unspecified atom stereocenters. The van der Waals surface area contributed by atoms with Crippen molar-refractivity contribution in [3.8, 4) is 11.5 Å². The molecular formula is C24H16ClF3N2O5. The number of hydrogen-bond donors (Lipinski definition) is 1. The van der Waals surface area contributed by atoms with E-state index in [1.54, 1.807) is 18.2 Å². The number of Topliss-reactive ketones (excluding diaryl/α,β-unsaturated/α-hetero) is 1. The number of amides is 1. The summed E-state index contributed by atoms with van der Waals surface area (Å²) in [6.07, 6.45) is -3.44. The average molecular weight is 505 g/mol. The Hall–Kier alpha value is -4.05. The highest BCUT2D eigenvalue weighted by Gasteiger charge is 2.47. The molecule has 4 rings (SSSR count). The molecule has 2 heterocycles. The van der Waals surface area contributed by atoms with Crippen LogP contribution in [-0.4, -0.2) is 35.3 Å². The molecule has 0 aliphatic carbocycles. The highest BCUT2D eigenvalue weighted by atomic mass is 35.5. The van der Waals surface area contributed by atoms with Gasteiger partial charge in [0, 0.05) is 17.4 Å². The van der Waals surface area contributed by atoms with Crippen molar-refractivity contribution in [3.63, 3.8) is 0 Å². The molecule has 1 aliphatic rings. The normalized spacial score (nSPS) is 17.5. The van der Waals surface area contributed by atoms with Crippen LogP contribution in [-0.2, 0) is 9.59 Å². The lowest BCUT2D eigenvalue weighted by Crippen LogP contribution is -2.29. The van der Waals surface area contributed by atoms with Crippen molar-refractivity contribution in [2.24, 2.45) is 0 Å². The van der Waals surface area contributed by atoms with Gasteiger partial charge < -0.3 is 14.6 Å². The molecule has 1 aromatic heterocycles. The minimum absolute atomic E-state index is 0.102. The summed E-state index contributed by atoms with van der Waals surface area (Å²) in [6, 6.07) is 12.4. The van der Waals surface area contributed by atoms with E-state index in [-0.39, 0.29) is 33.3 Å². The van der Waals surface area contributed by atoms with Gasteiger partial charge in [-0.3, -0.25) is 19.5 Å². The van der Waals surface area contributed by atoms with Crippen molar-refractivity contribution in [2.75, 3.05) is 12.0 Å². The predicted molar refractivity (Wildman–Crippen MR) is 120 cm³/mol. The van der Waals surface area contributed by atoms with E-state index in [1.165, 1.54) is 43.6 Å². The minimum atomic E-state index is -4.89. The maximum absolute atomic E-state index is 13.1. The van der Waals surface area contributed by atoms with Crippen LogP contribution in [0, 0.1) is 0 Å². The number of aliphatic hydroxyl groups excluding tert-OH is 1. The fourth-order valence-corrected chi connectivity index (χ4v) is 3.88. The number of carbonyl (C=O) groups is 2. The molecule has 3 aromatic rings. The molecule has 0 radical (unpaired) electrons. The zero-order valence-corrected chi connectivity index (χ0v) is 18.7. The number of ketones is 1. The summed E-state index contributed by atoms with van der Waals surface area (Å²) >= 11 is 6.05. The molecule has 35 heavy (non-hydrogen) atoms. The van der Waals surface area contributed by atoms with Crippen molar-refractivity contribution in [1.29, 1.82) is 0 Å². The molecule has 1 fully saturated rings. The number of hydrogen-bond acceptors (Lipinski definition) is 6. The lowest BCUT2D eigenvalue weighted by atomic mass is 9.98. The van der Waals surface area contributed by atoms with Gasteiger partial charge in [0.25, 0.3) is 11.7 Å². The number of benzene rings is 2. The van der Waals surface area contributed by atoms with E-state index in [4.69, 9.17) is 16.3 Å². The second-order valence-corrected chi connectivity index (χ2v) is 7.72. The summed E-state index contributed by atoms with van der Waals surface area (Å²) in [5.74, 6) is -2.75. The topological polar surface area (TPSA) is 89.0 Å². The van der Waals surface area contributed by atoms with E-state index in [0.717, 1.165) is 17.0 Å². The standard InChI is InChI=1S/C24H16ClF3N2O5/c1-34-18-12-13(5-10-16(18)25)21(31)19-20(17-4-2-3-11-29-17)30(23(33)22(19)32)14-6-8-15(9-7-14)35-24(26,27)28/h2-12,20,31H,1H3/b21-19-. The Morgan fingerprint density at radius 1 is 1.09 bits per heavy atom. The van der Waals surface area contributed by atoms with Gasteiger partial charge in [-0.05, 0) is 54.6 Å². The summed E-state index contributed by atoms with van der Waals surface area (Å²) in [5.41, 5.74) is 0.266. The molecule has 1 aliphatic heterocycles. The highest BCUT2D eigenvalue weighted by molar-refractivity contribution is 6.51. The van der Waals surface area contributed by atoms with Crippen molar-refractivity contribution in [3.05, 3.63) is 88.7 Å². The van der Waals surface area contributed by atoms with Gasteiger partial charge in [0.1, 0.15) is 23.3 Å². The number of halogens is 4. The Morgan fingerprint density at radius 3 is 2.40 bits per heavy atom. The second-order valence-electron chi connectivity index (χ2n) is 7.31. The molecule has 2 aromatic carbocycles. The van der Waals surface area contributed by atoms with Crippen molar-refractivity contribution >= 4 is 34.7 Å². The van der Waals surface area contributed by atoms with E-state index in [1.807, 2.05) is 0 Å². The summed E-state index contributed by atoms with van der Waals surface area (Å²) < 4.78 is 46.6. The van der Waals surface area contributed by atoms with Crippen LogP contribution in [0.15, 0.2) is 72.4 Å². The van der Waals surface area contributed by atoms with Gasteiger partial charge in [-0.15, -0.1) is 13.2 Å². The monoisotopic (exact) mass is 504 g/mol. The van der Waals surface area contributed by atoms with Crippen molar-refractivity contribution in [1.82, 2.24) is 4.98 Å². The lowest BCUT2D eigenvalue weighted by molar-refractivity contribution is -0.274. The Bertz CT molecular complexity index is 1310. The number of nitrogens with zero attached hydrogens (tertiary/aromatic N) is 2. The smallest absolute Gasteiger partial charge is 0.507 e. The third-order valence-corrected chi connectivity index (χ3v) is 5.50. The predicted octanol–water partition coefficient (Wildman–Crippen LogP) is 5.27. The largest absolute Gasteiger partial charge is 0.573 e. The van der Waals surface area contributed by atoms with Crippen LogP contribution in [0.1, 0.15) is 17.3 Å². The average Bonchev–Trinajstić information content (AvgIpc) is 3.09. The van der Waals surface area contributed by atoms with Gasteiger partial charge in [-0.1, -0.05) is 17.7 Å². The van der Waals surface area contributed by atoms with E-state index >= 15 is 0 Å². The number of ether oxygens (including phenoxy) is 2. The lowest BCUT2D eigenvalue weighted by Gasteiger charge is -2.24. The zero-order valence-electron chi connectivity index (χ0n) is 17.9. The van der Waals surface area contributed by atoms with Crippen LogP contribution >= 0.6 is 11.6 Å². The molecule has 7 nitrogen and oxygen atoms in total. The number of methoxy groups -OCH3 is 1. The number of aliphatic hydroxyl groups is 1. The number of rotatable bonds is 5. The third-order valence-electron chi connectivity index (χ3n) is 5.19. The molecule has 1 amide bonds. The fourth-order valence-electron chi connectivity index (χ4n) is 3.69. The van der Waals surface area contributed by atoms with Crippen LogP contribution in [0.5, 0.6) is 11.5 Å².